The maximum absolute atomic E-state index is 12.9. The van der Waals surface area contributed by atoms with Crippen molar-refractivity contribution < 1.29 is 8.78 Å². The van der Waals surface area contributed by atoms with Crippen LogP contribution < -0.4 is 5.56 Å². The van der Waals surface area contributed by atoms with Crippen molar-refractivity contribution in [2.24, 2.45) is 0 Å². The third-order valence-electron chi connectivity index (χ3n) is 1.92. The quantitative estimate of drug-likeness (QED) is 0.775. The Morgan fingerprint density at radius 3 is 2.53 bits per heavy atom. The minimum Gasteiger partial charge on any atom is -0.268 e. The molecule has 0 radical (unpaired) electrons. The van der Waals surface area contributed by atoms with Gasteiger partial charge in [0.2, 0.25) is 0 Å². The van der Waals surface area contributed by atoms with Crippen LogP contribution in [0.1, 0.15) is 0 Å². The summed E-state index contributed by atoms with van der Waals surface area (Å²) in [5, 5.41) is 5.75. The molecule has 2 aromatic rings. The number of rotatable bonds is 1. The summed E-state index contributed by atoms with van der Waals surface area (Å²) in [6, 6.07) is 4.67. The number of nitrogens with one attached hydrogen (secondary N) is 1. The smallest absolute Gasteiger partial charge is 0.264 e. The molecule has 5 heteroatoms. The zero-order valence-electron chi connectivity index (χ0n) is 7.50. The van der Waals surface area contributed by atoms with Crippen LogP contribution in [0.5, 0.6) is 0 Å². The van der Waals surface area contributed by atoms with Gasteiger partial charge in [0.05, 0.1) is 6.20 Å². The van der Waals surface area contributed by atoms with Crippen LogP contribution in [-0.4, -0.2) is 10.2 Å². The Morgan fingerprint density at radius 2 is 1.87 bits per heavy atom. The summed E-state index contributed by atoms with van der Waals surface area (Å²) >= 11 is 0. The molecule has 0 bridgehead atoms. The van der Waals surface area contributed by atoms with Crippen LogP contribution in [-0.2, 0) is 0 Å². The monoisotopic (exact) mass is 208 g/mol. The molecule has 1 aromatic heterocycles. The first-order valence-corrected chi connectivity index (χ1v) is 4.17. The summed E-state index contributed by atoms with van der Waals surface area (Å²) in [6.07, 6.45) is 1.37. The largest absolute Gasteiger partial charge is 0.268 e. The Bertz CT molecular complexity index is 551. The molecule has 0 aliphatic carbocycles. The van der Waals surface area contributed by atoms with Gasteiger partial charge >= 0.3 is 0 Å². The first-order valence-electron chi connectivity index (χ1n) is 4.17. The van der Waals surface area contributed by atoms with E-state index in [1.54, 1.807) is 0 Å². The van der Waals surface area contributed by atoms with Gasteiger partial charge in [0, 0.05) is 11.6 Å². The van der Waals surface area contributed by atoms with Gasteiger partial charge in [-0.15, -0.1) is 0 Å². The van der Waals surface area contributed by atoms with Gasteiger partial charge in [-0.05, 0) is 17.7 Å². The second-order valence-electron chi connectivity index (χ2n) is 2.96. The number of hydrogen-bond acceptors (Lipinski definition) is 2. The highest BCUT2D eigenvalue weighted by Crippen LogP contribution is 2.18. The van der Waals surface area contributed by atoms with Crippen LogP contribution in [0.15, 0.2) is 35.3 Å². The molecule has 0 fully saturated rings. The van der Waals surface area contributed by atoms with Gasteiger partial charge < -0.3 is 0 Å². The molecule has 0 aliphatic rings. The van der Waals surface area contributed by atoms with E-state index in [-0.39, 0.29) is 0 Å². The lowest BCUT2D eigenvalue weighted by Crippen LogP contribution is -2.05. The van der Waals surface area contributed by atoms with Crippen molar-refractivity contribution in [3.63, 3.8) is 0 Å². The van der Waals surface area contributed by atoms with E-state index < -0.39 is 17.2 Å². The standard InChI is InChI=1S/C10H6F2N2O/c11-8-2-1-6(3-9(8)12)7-4-10(15)14-13-5-7/h1-5H,(H,14,15). The van der Waals surface area contributed by atoms with E-state index >= 15 is 0 Å². The van der Waals surface area contributed by atoms with E-state index in [4.69, 9.17) is 0 Å². The molecule has 1 N–H and O–H groups in total. The lowest BCUT2D eigenvalue weighted by atomic mass is 10.1. The number of aromatic nitrogens is 2. The maximum Gasteiger partial charge on any atom is 0.264 e. The molecule has 15 heavy (non-hydrogen) atoms. The highest BCUT2D eigenvalue weighted by Gasteiger charge is 2.04. The molecule has 2 rings (SSSR count). The molecule has 0 saturated heterocycles. The summed E-state index contributed by atoms with van der Waals surface area (Å²) in [7, 11) is 0. The van der Waals surface area contributed by atoms with E-state index in [1.807, 2.05) is 0 Å². The SMILES string of the molecule is O=c1cc(-c2ccc(F)c(F)c2)cn[nH]1. The topological polar surface area (TPSA) is 45.8 Å². The van der Waals surface area contributed by atoms with Gasteiger partial charge in [-0.1, -0.05) is 6.07 Å². The molecule has 0 atom stereocenters. The fourth-order valence-electron chi connectivity index (χ4n) is 1.21. The van der Waals surface area contributed by atoms with Gasteiger partial charge in [-0.25, -0.2) is 13.9 Å². The second kappa shape index (κ2) is 3.61. The lowest BCUT2D eigenvalue weighted by molar-refractivity contribution is 0.509. The number of aromatic amines is 1. The van der Waals surface area contributed by atoms with Crippen LogP contribution >= 0.6 is 0 Å². The van der Waals surface area contributed by atoms with Crippen molar-refractivity contribution in [1.29, 1.82) is 0 Å². The van der Waals surface area contributed by atoms with Crippen molar-refractivity contribution in [2.75, 3.05) is 0 Å². The first kappa shape index (κ1) is 9.51. The third-order valence-corrected chi connectivity index (χ3v) is 1.92. The highest BCUT2D eigenvalue weighted by atomic mass is 19.2. The fraction of sp³-hybridized carbons (Fsp3) is 0. The van der Waals surface area contributed by atoms with E-state index in [0.29, 0.717) is 11.1 Å². The van der Waals surface area contributed by atoms with Gasteiger partial charge in [-0.2, -0.15) is 5.10 Å². The predicted molar refractivity (Wildman–Crippen MR) is 50.2 cm³/mol. The number of benzene rings is 1. The number of halogens is 2. The predicted octanol–water partition coefficient (Wildman–Crippen LogP) is 1.72. The Morgan fingerprint density at radius 1 is 1.07 bits per heavy atom. The highest BCUT2D eigenvalue weighted by molar-refractivity contribution is 5.61. The third kappa shape index (κ3) is 1.90. The number of nitrogens with zero attached hydrogens (tertiary/aromatic N) is 1. The zero-order valence-corrected chi connectivity index (χ0v) is 7.50. The Labute approximate surface area is 83.4 Å². The number of H-pyrrole nitrogens is 1. The molecule has 1 aromatic carbocycles. The van der Waals surface area contributed by atoms with E-state index in [1.165, 1.54) is 18.3 Å². The molecule has 76 valence electrons. The van der Waals surface area contributed by atoms with Crippen molar-refractivity contribution in [2.45, 2.75) is 0 Å². The Balaban J connectivity index is 2.55. The molecular formula is C10H6F2N2O. The zero-order chi connectivity index (χ0) is 10.8. The summed E-state index contributed by atoms with van der Waals surface area (Å²) < 4.78 is 25.5. The van der Waals surface area contributed by atoms with Crippen molar-refractivity contribution in [1.82, 2.24) is 10.2 Å². The average molecular weight is 208 g/mol. The minimum atomic E-state index is -0.951. The van der Waals surface area contributed by atoms with E-state index in [9.17, 15) is 13.6 Å². The molecule has 0 amide bonds. The molecule has 0 unspecified atom stereocenters. The maximum atomic E-state index is 12.9. The van der Waals surface area contributed by atoms with Gasteiger partial charge in [0.15, 0.2) is 11.6 Å². The fourth-order valence-corrected chi connectivity index (χ4v) is 1.21. The summed E-state index contributed by atoms with van der Waals surface area (Å²) in [5.41, 5.74) is 0.461. The van der Waals surface area contributed by atoms with E-state index in [2.05, 4.69) is 10.2 Å². The summed E-state index contributed by atoms with van der Waals surface area (Å²) in [5.74, 6) is -1.87. The summed E-state index contributed by atoms with van der Waals surface area (Å²) in [6.45, 7) is 0. The summed E-state index contributed by atoms with van der Waals surface area (Å²) in [4.78, 5) is 10.9. The van der Waals surface area contributed by atoms with Gasteiger partial charge in [-0.3, -0.25) is 4.79 Å². The molecule has 0 aliphatic heterocycles. The molecule has 3 nitrogen and oxygen atoms in total. The minimum absolute atomic E-state index is 0.391. The molecule has 1 heterocycles. The van der Waals surface area contributed by atoms with Crippen molar-refractivity contribution in [3.8, 4) is 11.1 Å². The van der Waals surface area contributed by atoms with Crippen LogP contribution in [0.2, 0.25) is 0 Å². The Hall–Kier alpha value is -2.04. The number of hydrogen-bond donors (Lipinski definition) is 1. The second-order valence-corrected chi connectivity index (χ2v) is 2.96. The van der Waals surface area contributed by atoms with E-state index in [0.717, 1.165) is 12.1 Å². The van der Waals surface area contributed by atoms with Crippen LogP contribution in [0, 0.1) is 11.6 Å². The Kier molecular flexibility index (Phi) is 2.29. The van der Waals surface area contributed by atoms with Crippen LogP contribution in [0.3, 0.4) is 0 Å². The van der Waals surface area contributed by atoms with Crippen molar-refractivity contribution in [3.05, 3.63) is 52.5 Å². The average Bonchev–Trinajstić information content (AvgIpc) is 2.22. The van der Waals surface area contributed by atoms with Crippen LogP contribution in [0.25, 0.3) is 11.1 Å². The molecule has 0 spiro atoms. The van der Waals surface area contributed by atoms with Crippen LogP contribution in [0.4, 0.5) is 8.78 Å². The normalized spacial score (nSPS) is 10.3. The van der Waals surface area contributed by atoms with Crippen molar-refractivity contribution >= 4 is 0 Å². The lowest BCUT2D eigenvalue weighted by Gasteiger charge is -2.00. The first-order chi connectivity index (χ1) is 7.16. The van der Waals surface area contributed by atoms with Gasteiger partial charge in [0.1, 0.15) is 0 Å². The molecular weight excluding hydrogens is 202 g/mol. The van der Waals surface area contributed by atoms with Gasteiger partial charge in [0.25, 0.3) is 5.56 Å². The molecule has 0 saturated carbocycles.